The molecule has 0 aromatic heterocycles. The van der Waals surface area contributed by atoms with E-state index in [-0.39, 0.29) is 91.6 Å². The SMILES string of the molecule is C1COCCO1.C=C(C)C(=O)OCCBr.C=C(C)C(=O)OCCOc1c(C)cc(-c2ccc(S(=O)(=O)c3ccc(-c4cc(C)c(OCCOC(=O)C(=C)C)c(C)c4)cc3)cc2)cc1C.Cc1cc(-c2ccc(S(=O)(=O)c3ccc(-c4cc(C)c(O)c(C)c4)cc3)cc2)cc(C)c1O.Cc1cc(B2OC(C)(C)C(C)(C)O2)cc(C)c1O.O=S(=O)(c1ccc(Cl)cc1)c1ccc(Cl)cc1. The smallest absolute Gasteiger partial charge is 0.494 e. The Morgan fingerprint density at radius 2 is 0.561 bits per heavy atom. The fraction of sp³-hybridized carbons (Fsp3) is 0.279. The number of hydrogen-bond donors (Lipinski definition) is 3. The first-order valence-electron chi connectivity index (χ1n) is 42.2. The molecule has 3 N–H and O–H groups in total. The predicted octanol–water partition coefficient (Wildman–Crippen LogP) is 22.2. The molecule has 698 valence electrons. The van der Waals surface area contributed by atoms with Gasteiger partial charge in [-0.3, -0.25) is 0 Å². The fourth-order valence-electron chi connectivity index (χ4n) is 13.5. The van der Waals surface area contributed by atoms with Gasteiger partial charge in [0.2, 0.25) is 29.5 Å². The molecule has 11 aromatic rings. The Labute approximate surface area is 795 Å². The molecule has 0 amide bonds. The number of hydrogen-bond acceptors (Lipinski definition) is 21. The van der Waals surface area contributed by atoms with Crippen LogP contribution < -0.4 is 14.9 Å². The van der Waals surface area contributed by atoms with Gasteiger partial charge in [0.1, 0.15) is 61.8 Å². The van der Waals surface area contributed by atoms with E-state index in [1.807, 2.05) is 158 Å². The van der Waals surface area contributed by atoms with E-state index in [4.69, 9.17) is 60.9 Å². The number of benzene rings is 11. The van der Waals surface area contributed by atoms with Crippen molar-refractivity contribution in [2.45, 2.75) is 158 Å². The summed E-state index contributed by atoms with van der Waals surface area (Å²) in [5.41, 5.74) is 17.1. The quantitative estimate of drug-likeness (QED) is 0.0126. The van der Waals surface area contributed by atoms with Crippen LogP contribution in [-0.2, 0) is 76.9 Å². The van der Waals surface area contributed by atoms with Crippen LogP contribution in [0.3, 0.4) is 0 Å². The molecule has 0 atom stereocenters. The van der Waals surface area contributed by atoms with Gasteiger partial charge in [-0.1, -0.05) is 120 Å². The predicted molar refractivity (Wildman–Crippen MR) is 525 cm³/mol. The number of phenols is 3. The van der Waals surface area contributed by atoms with Crippen molar-refractivity contribution >= 4 is 99.1 Å². The largest absolute Gasteiger partial charge is 0.507 e. The van der Waals surface area contributed by atoms with Gasteiger partial charge in [-0.25, -0.2) is 39.6 Å². The van der Waals surface area contributed by atoms with Gasteiger partial charge in [0, 0.05) is 32.1 Å². The highest BCUT2D eigenvalue weighted by molar-refractivity contribution is 9.09. The van der Waals surface area contributed by atoms with Crippen molar-refractivity contribution in [3.63, 3.8) is 0 Å². The van der Waals surface area contributed by atoms with E-state index in [1.54, 1.807) is 142 Å². The summed E-state index contributed by atoms with van der Waals surface area (Å²) in [6.07, 6.45) is 0. The molecule has 132 heavy (non-hydrogen) atoms. The number of carbonyl (C=O) groups excluding carboxylic acids is 3. The summed E-state index contributed by atoms with van der Waals surface area (Å²) >= 11 is 14.6. The zero-order valence-corrected chi connectivity index (χ0v) is 83.0. The Bertz CT molecular complexity index is 5880. The first-order valence-corrected chi connectivity index (χ1v) is 48.5. The maximum absolute atomic E-state index is 13.5. The number of rotatable bonds is 24. The Hall–Kier alpha value is -11.1. The molecule has 13 rings (SSSR count). The van der Waals surface area contributed by atoms with Crippen LogP contribution in [0.1, 0.15) is 104 Å². The number of esters is 3. The molecule has 2 fully saturated rings. The molecule has 0 unspecified atom stereocenters. The number of ether oxygens (including phenoxy) is 7. The number of aromatic hydroxyl groups is 3. The Morgan fingerprint density at radius 1 is 0.348 bits per heavy atom. The average molecular weight is 1960 g/mol. The number of carbonyl (C=O) groups is 3. The third-order valence-electron chi connectivity index (χ3n) is 21.4. The second kappa shape index (κ2) is 47.5. The van der Waals surface area contributed by atoms with E-state index in [2.05, 4.69) is 40.4 Å². The Kier molecular flexibility index (Phi) is 38.2. The van der Waals surface area contributed by atoms with Crippen LogP contribution in [0.2, 0.25) is 10.0 Å². The van der Waals surface area contributed by atoms with E-state index in [0.717, 1.165) is 132 Å². The van der Waals surface area contributed by atoms with Crippen molar-refractivity contribution in [2.24, 2.45) is 0 Å². The lowest BCUT2D eigenvalue weighted by molar-refractivity contribution is -0.140. The highest BCUT2D eigenvalue weighted by Gasteiger charge is 2.52. The maximum Gasteiger partial charge on any atom is 0.494 e. The molecule has 21 nitrogen and oxygen atoms in total. The fourth-order valence-corrected chi connectivity index (χ4v) is 17.7. The lowest BCUT2D eigenvalue weighted by atomic mass is 9.77. The Morgan fingerprint density at radius 3 is 0.780 bits per heavy atom. The molecule has 0 spiro atoms. The van der Waals surface area contributed by atoms with E-state index in [9.17, 15) is 55.0 Å². The minimum atomic E-state index is -3.75. The van der Waals surface area contributed by atoms with Gasteiger partial charge >= 0.3 is 25.0 Å². The molecule has 0 bridgehead atoms. The minimum absolute atomic E-state index is 0.117. The monoisotopic (exact) mass is 1950 g/mol. The van der Waals surface area contributed by atoms with E-state index >= 15 is 0 Å². The third kappa shape index (κ3) is 28.7. The van der Waals surface area contributed by atoms with Crippen molar-refractivity contribution in [1.29, 1.82) is 0 Å². The van der Waals surface area contributed by atoms with Gasteiger partial charge in [0.25, 0.3) is 0 Å². The van der Waals surface area contributed by atoms with Gasteiger partial charge in [-0.2, -0.15) is 0 Å². The van der Waals surface area contributed by atoms with Crippen LogP contribution in [0.5, 0.6) is 28.7 Å². The first kappa shape index (κ1) is 106. The molecule has 2 aliphatic heterocycles. The molecule has 2 heterocycles. The van der Waals surface area contributed by atoms with Crippen LogP contribution in [0.4, 0.5) is 0 Å². The van der Waals surface area contributed by atoms with E-state index in [1.165, 1.54) is 24.3 Å². The molecule has 0 saturated carbocycles. The van der Waals surface area contributed by atoms with Gasteiger partial charge in [0.05, 0.1) is 67.0 Å². The summed E-state index contributed by atoms with van der Waals surface area (Å²) in [5.74, 6) is 1.10. The van der Waals surface area contributed by atoms with Gasteiger partial charge < -0.3 is 57.8 Å². The van der Waals surface area contributed by atoms with Crippen LogP contribution in [-0.4, -0.2) is 142 Å². The topological polar surface area (TPSA) is 297 Å². The van der Waals surface area contributed by atoms with Crippen molar-refractivity contribution in [2.75, 3.05) is 64.8 Å². The number of alkyl halides is 1. The second-order valence-corrected chi connectivity index (χ2v) is 40.3. The Balaban J connectivity index is 0.000000220. The summed E-state index contributed by atoms with van der Waals surface area (Å²) in [5, 5.41) is 31.5. The molecule has 11 aromatic carbocycles. The summed E-state index contributed by atoms with van der Waals surface area (Å²) in [4.78, 5) is 35.0. The first-order chi connectivity index (χ1) is 62.1. The van der Waals surface area contributed by atoms with Crippen LogP contribution in [0.25, 0.3) is 44.5 Å². The second-order valence-electron chi connectivity index (χ2n) is 32.8. The van der Waals surface area contributed by atoms with Crippen molar-refractivity contribution < 1.29 is 97.4 Å². The lowest BCUT2D eigenvalue weighted by Crippen LogP contribution is -2.41. The number of sulfone groups is 3. The third-order valence-corrected chi connectivity index (χ3v) is 27.6. The standard InChI is InChI=1S/C40H42O8S.C28H26O4S.C14H21BO3.C12H8Cl2O2S.C6H9BrO2.C4H8O2/c1-25(2)39(41)47-19-17-45-37-27(5)21-33(22-28(37)6)31-9-13-35(14-10-31)49(43,44)36-15-11-32(12-16-36)34-23-29(7)38(30(8)24-34)46-18-20-48-40(42)26(3)4;1-17-13-23(14-18(2)27(17)29)21-5-9-25(10-6-21)33(31,32)26-11-7-22(8-12-26)24-15-19(3)28(30)20(4)16-24;1-9-7-11(8-10(2)12(9)16)15-17-13(3,4)14(5,6)18-15;13-9-1-5-11(6-2-9)17(15,16)12-7-3-10(14)4-8-12;1-5(2)6(8)9-4-3-7;1-2-6-4-3-5-1/h9-16,21-24H,1,3,17-20H2,2,4-8H3;5-16,29-30H,1-4H3;7-8,16H,1-6H3;1-8H;1,3-4H2,2H3;1-4H2. The average Bonchev–Trinajstić information content (AvgIpc) is 1.64. The number of aryl methyl sites for hydroxylation is 10. The molecule has 0 aliphatic carbocycles. The molecule has 2 saturated heterocycles. The van der Waals surface area contributed by atoms with Gasteiger partial charge in [-0.15, -0.1) is 0 Å². The molecule has 0 radical (unpaired) electrons. The van der Waals surface area contributed by atoms with Crippen LogP contribution in [0.15, 0.2) is 272 Å². The maximum atomic E-state index is 13.5. The molecular weight excluding hydrogens is 1840 g/mol. The highest BCUT2D eigenvalue weighted by atomic mass is 79.9. The van der Waals surface area contributed by atoms with Crippen molar-refractivity contribution in [3.05, 3.63) is 308 Å². The minimum Gasteiger partial charge on any atom is -0.507 e. The van der Waals surface area contributed by atoms with E-state index in [0.29, 0.717) is 56.0 Å². The summed E-state index contributed by atoms with van der Waals surface area (Å²) in [6.45, 7) is 46.6. The summed E-state index contributed by atoms with van der Waals surface area (Å²) in [6, 6.07) is 58.7. The molecule has 28 heteroatoms. The highest BCUT2D eigenvalue weighted by Crippen LogP contribution is 2.40. The van der Waals surface area contributed by atoms with Gasteiger partial charge in [-0.05, 0) is 369 Å². The summed E-state index contributed by atoms with van der Waals surface area (Å²) in [7, 11) is -11.3. The molecular formula is C104H114BBrCl2O21S3. The zero-order valence-electron chi connectivity index (χ0n) is 77.4. The van der Waals surface area contributed by atoms with Crippen molar-refractivity contribution in [3.8, 4) is 73.3 Å². The van der Waals surface area contributed by atoms with Crippen LogP contribution in [0, 0.1) is 69.2 Å². The molecule has 2 aliphatic rings. The normalized spacial score (nSPS) is 13.0. The van der Waals surface area contributed by atoms with Crippen LogP contribution >= 0.6 is 39.1 Å². The van der Waals surface area contributed by atoms with E-state index < -0.39 is 41.5 Å². The lowest BCUT2D eigenvalue weighted by Gasteiger charge is -2.32. The van der Waals surface area contributed by atoms with Crippen molar-refractivity contribution in [1.82, 2.24) is 0 Å². The summed E-state index contributed by atoms with van der Waals surface area (Å²) < 4.78 is 126. The number of phenolic OH excluding ortho intramolecular Hbond substituents is 3. The van der Waals surface area contributed by atoms with Gasteiger partial charge in [0.15, 0.2) is 0 Å². The number of halogens is 3. The zero-order chi connectivity index (χ0) is 97.5.